The van der Waals surface area contributed by atoms with Gasteiger partial charge in [-0.2, -0.15) is 0 Å². The quantitative estimate of drug-likeness (QED) is 0.565. The zero-order chi connectivity index (χ0) is 23.9. The van der Waals surface area contributed by atoms with Gasteiger partial charge in [0.1, 0.15) is 5.75 Å². The van der Waals surface area contributed by atoms with Gasteiger partial charge in [-0.3, -0.25) is 9.69 Å². The number of sulfonamides is 1. The fourth-order valence-electron chi connectivity index (χ4n) is 3.51. The first-order valence-electron chi connectivity index (χ1n) is 10.8. The standard InChI is InChI=1S/C24H35N3O4S/c1-7-27(8-2)22(19-10-9-11-20(16-19)31-6)17-25-23(28)18-12-14-21(15-13-18)32(29,30)26-24(3,4)5/h9-16,22,26H,7-8,17H2,1-6H3,(H,25,28). The second-order valence-corrected chi connectivity index (χ2v) is 10.3. The van der Waals surface area contributed by atoms with Gasteiger partial charge in [-0.1, -0.05) is 26.0 Å². The third-order valence-electron chi connectivity index (χ3n) is 5.06. The van der Waals surface area contributed by atoms with Crippen molar-refractivity contribution in [2.75, 3.05) is 26.7 Å². The van der Waals surface area contributed by atoms with Crippen molar-refractivity contribution >= 4 is 15.9 Å². The second kappa shape index (κ2) is 10.9. The van der Waals surface area contributed by atoms with Gasteiger partial charge in [0.05, 0.1) is 18.0 Å². The third-order valence-corrected chi connectivity index (χ3v) is 6.83. The maximum absolute atomic E-state index is 12.8. The minimum Gasteiger partial charge on any atom is -0.497 e. The summed E-state index contributed by atoms with van der Waals surface area (Å²) >= 11 is 0. The minimum absolute atomic E-state index is 0.0142. The molecule has 2 rings (SSSR count). The number of benzene rings is 2. The number of carbonyl (C=O) groups is 1. The van der Waals surface area contributed by atoms with E-state index in [2.05, 4.69) is 28.8 Å². The molecule has 0 bridgehead atoms. The maximum Gasteiger partial charge on any atom is 0.251 e. The van der Waals surface area contributed by atoms with Crippen LogP contribution in [-0.2, 0) is 10.0 Å². The first kappa shape index (κ1) is 25.8. The van der Waals surface area contributed by atoms with Gasteiger partial charge in [-0.15, -0.1) is 0 Å². The molecule has 0 aliphatic carbocycles. The number of rotatable bonds is 10. The summed E-state index contributed by atoms with van der Waals surface area (Å²) in [5.41, 5.74) is 0.876. The second-order valence-electron chi connectivity index (χ2n) is 8.60. The Balaban J connectivity index is 2.15. The van der Waals surface area contributed by atoms with Crippen molar-refractivity contribution in [2.24, 2.45) is 0 Å². The molecule has 7 nitrogen and oxygen atoms in total. The van der Waals surface area contributed by atoms with E-state index in [1.807, 2.05) is 24.3 Å². The van der Waals surface area contributed by atoms with E-state index in [9.17, 15) is 13.2 Å². The average molecular weight is 462 g/mol. The lowest BCUT2D eigenvalue weighted by Crippen LogP contribution is -2.40. The molecule has 0 aliphatic rings. The van der Waals surface area contributed by atoms with Crippen molar-refractivity contribution in [1.82, 2.24) is 14.9 Å². The number of nitrogens with zero attached hydrogens (tertiary/aromatic N) is 1. The lowest BCUT2D eigenvalue weighted by atomic mass is 10.0. The molecule has 0 saturated carbocycles. The molecule has 2 N–H and O–H groups in total. The lowest BCUT2D eigenvalue weighted by Gasteiger charge is -2.30. The number of amides is 1. The predicted molar refractivity (Wildman–Crippen MR) is 128 cm³/mol. The van der Waals surface area contributed by atoms with Gasteiger partial charge < -0.3 is 10.1 Å². The number of hydrogen-bond donors (Lipinski definition) is 2. The van der Waals surface area contributed by atoms with E-state index >= 15 is 0 Å². The van der Waals surface area contributed by atoms with Gasteiger partial charge in [-0.25, -0.2) is 13.1 Å². The molecule has 0 aliphatic heterocycles. The number of carbonyl (C=O) groups excluding carboxylic acids is 1. The zero-order valence-electron chi connectivity index (χ0n) is 19.8. The largest absolute Gasteiger partial charge is 0.497 e. The summed E-state index contributed by atoms with van der Waals surface area (Å²) < 4.78 is 32.9. The van der Waals surface area contributed by atoms with E-state index in [0.717, 1.165) is 24.4 Å². The van der Waals surface area contributed by atoms with Gasteiger partial charge in [0.2, 0.25) is 10.0 Å². The molecule has 0 heterocycles. The SMILES string of the molecule is CCN(CC)C(CNC(=O)c1ccc(S(=O)(=O)NC(C)(C)C)cc1)c1cccc(OC)c1. The van der Waals surface area contributed by atoms with E-state index in [0.29, 0.717) is 12.1 Å². The van der Waals surface area contributed by atoms with E-state index < -0.39 is 15.6 Å². The Kier molecular flexibility index (Phi) is 8.83. The first-order chi connectivity index (χ1) is 15.0. The number of nitrogens with one attached hydrogen (secondary N) is 2. The van der Waals surface area contributed by atoms with Crippen molar-refractivity contribution in [1.29, 1.82) is 0 Å². The van der Waals surface area contributed by atoms with Crippen LogP contribution < -0.4 is 14.8 Å². The Morgan fingerprint density at radius 2 is 1.69 bits per heavy atom. The lowest BCUT2D eigenvalue weighted by molar-refractivity contribution is 0.0935. The van der Waals surface area contributed by atoms with Crippen molar-refractivity contribution in [2.45, 2.75) is 51.1 Å². The monoisotopic (exact) mass is 461 g/mol. The topological polar surface area (TPSA) is 87.7 Å². The smallest absolute Gasteiger partial charge is 0.251 e. The van der Waals surface area contributed by atoms with E-state index in [1.54, 1.807) is 27.9 Å². The van der Waals surface area contributed by atoms with Crippen LogP contribution in [0, 0.1) is 0 Å². The highest BCUT2D eigenvalue weighted by molar-refractivity contribution is 7.89. The molecule has 0 fully saturated rings. The highest BCUT2D eigenvalue weighted by Crippen LogP contribution is 2.24. The van der Waals surface area contributed by atoms with Gasteiger partial charge in [-0.05, 0) is 75.8 Å². The van der Waals surface area contributed by atoms with Crippen molar-refractivity contribution < 1.29 is 17.9 Å². The van der Waals surface area contributed by atoms with Crippen LogP contribution in [0.2, 0.25) is 0 Å². The van der Waals surface area contributed by atoms with Crippen molar-refractivity contribution in [3.05, 3.63) is 59.7 Å². The fraction of sp³-hybridized carbons (Fsp3) is 0.458. The molecule has 0 saturated heterocycles. The van der Waals surface area contributed by atoms with Gasteiger partial charge >= 0.3 is 0 Å². The molecule has 176 valence electrons. The van der Waals surface area contributed by atoms with Gasteiger partial charge in [0.25, 0.3) is 5.91 Å². The highest BCUT2D eigenvalue weighted by Gasteiger charge is 2.23. The Bertz CT molecular complexity index is 995. The summed E-state index contributed by atoms with van der Waals surface area (Å²) in [6.07, 6.45) is 0. The highest BCUT2D eigenvalue weighted by atomic mass is 32.2. The normalized spacial score (nSPS) is 13.1. The maximum atomic E-state index is 12.8. The number of ether oxygens (including phenoxy) is 1. The Labute approximate surface area is 192 Å². The van der Waals surface area contributed by atoms with Crippen LogP contribution in [-0.4, -0.2) is 51.5 Å². The van der Waals surface area contributed by atoms with Crippen LogP contribution in [0.4, 0.5) is 0 Å². The van der Waals surface area contributed by atoms with Crippen LogP contribution in [0.5, 0.6) is 5.75 Å². The zero-order valence-corrected chi connectivity index (χ0v) is 20.6. The summed E-state index contributed by atoms with van der Waals surface area (Å²) in [4.78, 5) is 15.2. The summed E-state index contributed by atoms with van der Waals surface area (Å²) in [5, 5.41) is 2.99. The third kappa shape index (κ3) is 7.05. The predicted octanol–water partition coefficient (Wildman–Crippen LogP) is 3.58. The molecule has 2 aromatic carbocycles. The molecule has 1 unspecified atom stereocenters. The first-order valence-corrected chi connectivity index (χ1v) is 12.3. The van der Waals surface area contributed by atoms with E-state index in [4.69, 9.17) is 4.74 Å². The van der Waals surface area contributed by atoms with Crippen molar-refractivity contribution in [3.8, 4) is 5.75 Å². The molecule has 0 radical (unpaired) electrons. The summed E-state index contributed by atoms with van der Waals surface area (Å²) in [7, 11) is -2.01. The number of hydrogen-bond acceptors (Lipinski definition) is 5. The number of likely N-dealkylation sites (N-methyl/N-ethyl adjacent to an activating group) is 1. The molecule has 1 amide bonds. The Morgan fingerprint density at radius 1 is 1.06 bits per heavy atom. The summed E-state index contributed by atoms with van der Waals surface area (Å²) in [6, 6.07) is 13.8. The molecule has 0 aromatic heterocycles. The Morgan fingerprint density at radius 3 is 2.22 bits per heavy atom. The van der Waals surface area contributed by atoms with Gasteiger partial charge in [0.15, 0.2) is 0 Å². The molecule has 1 atom stereocenters. The fourth-order valence-corrected chi connectivity index (χ4v) is 4.93. The van der Waals surface area contributed by atoms with Crippen LogP contribution >= 0.6 is 0 Å². The molecular formula is C24H35N3O4S. The molecule has 2 aromatic rings. The molecule has 0 spiro atoms. The summed E-state index contributed by atoms with van der Waals surface area (Å²) in [6.45, 7) is 11.6. The van der Waals surface area contributed by atoms with Crippen LogP contribution in [0.3, 0.4) is 0 Å². The minimum atomic E-state index is -3.65. The van der Waals surface area contributed by atoms with Crippen molar-refractivity contribution in [3.63, 3.8) is 0 Å². The van der Waals surface area contributed by atoms with Crippen LogP contribution in [0.25, 0.3) is 0 Å². The van der Waals surface area contributed by atoms with Gasteiger partial charge in [0, 0.05) is 17.6 Å². The average Bonchev–Trinajstić information content (AvgIpc) is 2.75. The van der Waals surface area contributed by atoms with E-state index in [-0.39, 0.29) is 16.8 Å². The van der Waals surface area contributed by atoms with Crippen LogP contribution in [0.1, 0.15) is 56.6 Å². The molecular weight excluding hydrogens is 426 g/mol. The Hall–Kier alpha value is -2.42. The number of methoxy groups -OCH3 is 1. The molecule has 8 heteroatoms. The van der Waals surface area contributed by atoms with Crippen LogP contribution in [0.15, 0.2) is 53.4 Å². The van der Waals surface area contributed by atoms with E-state index in [1.165, 1.54) is 24.3 Å². The molecule has 32 heavy (non-hydrogen) atoms. The summed E-state index contributed by atoms with van der Waals surface area (Å²) in [5.74, 6) is 0.518.